The van der Waals surface area contributed by atoms with E-state index < -0.39 is 12.0 Å². The van der Waals surface area contributed by atoms with E-state index in [2.05, 4.69) is 40.4 Å². The van der Waals surface area contributed by atoms with Crippen LogP contribution in [0.4, 0.5) is 0 Å². The van der Waals surface area contributed by atoms with E-state index in [1.165, 1.54) is 6.08 Å². The van der Waals surface area contributed by atoms with Crippen molar-refractivity contribution in [3.63, 3.8) is 0 Å². The highest BCUT2D eigenvalue weighted by atomic mass is 35.9. The van der Waals surface area contributed by atoms with Gasteiger partial charge < -0.3 is 9.63 Å². The van der Waals surface area contributed by atoms with E-state index in [0.717, 1.165) is 6.08 Å². The molecular weight excluding hydrogens is 238 g/mol. The normalized spacial score (nSPS) is 9.15. The van der Waals surface area contributed by atoms with Gasteiger partial charge in [0.1, 0.15) is 6.61 Å². The molecule has 0 amide bonds. The summed E-state index contributed by atoms with van der Waals surface area (Å²) in [5, 5.41) is 0. The minimum atomic E-state index is -3.69. The molecule has 0 fully saturated rings. The van der Waals surface area contributed by atoms with Crippen molar-refractivity contribution in [2.75, 3.05) is 6.61 Å². The first-order chi connectivity index (χ1) is 5.81. The van der Waals surface area contributed by atoms with Crippen molar-refractivity contribution >= 4 is 34.5 Å². The number of esters is 1. The second-order valence-electron chi connectivity index (χ2n) is 1.56. The van der Waals surface area contributed by atoms with Crippen LogP contribution in [0.5, 0.6) is 0 Å². The summed E-state index contributed by atoms with van der Waals surface area (Å²) in [6.07, 6.45) is -1.08. The van der Waals surface area contributed by atoms with E-state index in [0.29, 0.717) is 0 Å². The van der Waals surface area contributed by atoms with E-state index >= 15 is 0 Å². The maximum absolute atomic E-state index is 10.2. The quantitative estimate of drug-likeness (QED) is 0.360. The molecule has 13 heavy (non-hydrogen) atoms. The predicted octanol–water partition coefficient (Wildman–Crippen LogP) is 2.47. The lowest BCUT2D eigenvalue weighted by atomic mass is 10.6. The molecule has 0 unspecified atom stereocenters. The molecule has 0 saturated carbocycles. The molecule has 76 valence electrons. The van der Waals surface area contributed by atoms with Crippen molar-refractivity contribution in [2.45, 2.75) is 0 Å². The zero-order valence-electron chi connectivity index (χ0n) is 6.65. The lowest BCUT2D eigenvalue weighted by molar-refractivity contribution is -0.136. The fourth-order valence-corrected chi connectivity index (χ4v) is 0.200. The second-order valence-corrected chi connectivity index (χ2v) is 5.70. The van der Waals surface area contributed by atoms with Gasteiger partial charge in [0.25, 0.3) is 0 Å². The van der Waals surface area contributed by atoms with Gasteiger partial charge >= 0.3 is 12.0 Å². The summed E-state index contributed by atoms with van der Waals surface area (Å²) in [5.74, 6) is -0.412. The fourth-order valence-electron chi connectivity index (χ4n) is 0.200. The predicted molar refractivity (Wildman–Crippen MR) is 52.9 cm³/mol. The molecule has 0 aromatic heterocycles. The van der Waals surface area contributed by atoms with Crippen molar-refractivity contribution in [2.24, 2.45) is 0 Å². The molecular formula is C6H9Cl2O4P. The van der Waals surface area contributed by atoms with Gasteiger partial charge in [-0.25, -0.2) is 4.79 Å². The number of carbonyl (C=O) groups excluding carboxylic acids is 1. The Bertz CT molecular complexity index is 214. The van der Waals surface area contributed by atoms with Crippen LogP contribution < -0.4 is 0 Å². The van der Waals surface area contributed by atoms with Gasteiger partial charge in [-0.05, 0) is 22.5 Å². The van der Waals surface area contributed by atoms with Gasteiger partial charge in [0, 0.05) is 6.08 Å². The van der Waals surface area contributed by atoms with Gasteiger partial charge in [-0.15, -0.1) is 0 Å². The van der Waals surface area contributed by atoms with Gasteiger partial charge in [0.15, 0.2) is 0 Å². The molecule has 0 spiro atoms. The summed E-state index contributed by atoms with van der Waals surface area (Å²) < 4.78 is 13.8. The van der Waals surface area contributed by atoms with E-state index in [4.69, 9.17) is 4.89 Å². The Hall–Kier alpha value is -0.280. The summed E-state index contributed by atoms with van der Waals surface area (Å²) in [6.45, 7) is 6.81. The first kappa shape index (κ1) is 15.2. The molecule has 0 radical (unpaired) electrons. The van der Waals surface area contributed by atoms with Crippen LogP contribution in [0.3, 0.4) is 0 Å². The highest BCUT2D eigenvalue weighted by Crippen LogP contribution is 2.51. The monoisotopic (exact) mass is 246 g/mol. The largest absolute Gasteiger partial charge is 0.458 e. The van der Waals surface area contributed by atoms with Crippen LogP contribution in [0, 0.1) is 0 Å². The number of carbonyl (C=O) groups is 1. The van der Waals surface area contributed by atoms with Crippen molar-refractivity contribution in [1.29, 1.82) is 0 Å². The second kappa shape index (κ2) is 8.32. The molecule has 0 aliphatic carbocycles. The third-order valence-corrected chi connectivity index (χ3v) is 0.510. The Labute approximate surface area is 85.8 Å². The van der Waals surface area contributed by atoms with Gasteiger partial charge in [0.2, 0.25) is 0 Å². The van der Waals surface area contributed by atoms with Crippen molar-refractivity contribution in [3.8, 4) is 0 Å². The first-order valence-corrected chi connectivity index (χ1v) is 6.40. The van der Waals surface area contributed by atoms with E-state index in [1.54, 1.807) is 0 Å². The van der Waals surface area contributed by atoms with E-state index in [1.807, 2.05) is 0 Å². The minimum absolute atomic E-state index is 0.255. The first-order valence-electron chi connectivity index (χ1n) is 2.93. The highest BCUT2D eigenvalue weighted by Gasteiger charge is 2.02. The molecule has 0 saturated heterocycles. The van der Waals surface area contributed by atoms with Crippen LogP contribution in [-0.2, 0) is 14.1 Å². The summed E-state index contributed by atoms with van der Waals surface area (Å²) in [6, 6.07) is 0. The molecule has 0 atom stereocenters. The topological polar surface area (TPSA) is 63.6 Å². The Kier molecular flexibility index (Phi) is 9.74. The number of hydrogen-bond donors (Lipinski definition) is 1. The third-order valence-electron chi connectivity index (χ3n) is 0.510. The van der Waals surface area contributed by atoms with E-state index in [9.17, 15) is 9.36 Å². The smallest absolute Gasteiger partial charge is 0.377 e. The van der Waals surface area contributed by atoms with Gasteiger partial charge in [-0.2, -0.15) is 0 Å². The average molecular weight is 247 g/mol. The Morgan fingerprint density at radius 1 is 1.54 bits per heavy atom. The zero-order chi connectivity index (χ0) is 10.9. The summed E-state index contributed by atoms with van der Waals surface area (Å²) in [7, 11) is 0. The minimum Gasteiger partial charge on any atom is -0.458 e. The third kappa shape index (κ3) is 33.8. The number of hydrogen-bond acceptors (Lipinski definition) is 3. The number of ether oxygens (including phenoxy) is 1. The molecule has 0 bridgehead atoms. The van der Waals surface area contributed by atoms with E-state index in [-0.39, 0.29) is 6.61 Å². The lowest BCUT2D eigenvalue weighted by Crippen LogP contribution is -1.98. The van der Waals surface area contributed by atoms with Crippen LogP contribution in [0.15, 0.2) is 25.3 Å². The lowest BCUT2D eigenvalue weighted by Gasteiger charge is -1.92. The molecule has 1 N–H and O–H groups in total. The van der Waals surface area contributed by atoms with Gasteiger partial charge in [-0.3, -0.25) is 4.57 Å². The molecule has 7 heteroatoms. The molecule has 0 aromatic carbocycles. The SMILES string of the molecule is C=CCOC(=O)C=C.O=P(O)(Cl)Cl. The van der Waals surface area contributed by atoms with Crippen LogP contribution >= 0.6 is 28.6 Å². The van der Waals surface area contributed by atoms with Crippen LogP contribution in [-0.4, -0.2) is 17.5 Å². The fraction of sp³-hybridized carbons (Fsp3) is 0.167. The molecule has 0 rings (SSSR count). The molecule has 0 aliphatic rings. The molecule has 0 aromatic rings. The van der Waals surface area contributed by atoms with Crippen LogP contribution in [0.2, 0.25) is 0 Å². The Morgan fingerprint density at radius 2 is 1.92 bits per heavy atom. The highest BCUT2D eigenvalue weighted by molar-refractivity contribution is 8.04. The molecule has 0 aliphatic heterocycles. The molecule has 0 heterocycles. The van der Waals surface area contributed by atoms with Crippen molar-refractivity contribution in [3.05, 3.63) is 25.3 Å². The summed E-state index contributed by atoms with van der Waals surface area (Å²) in [4.78, 5) is 17.8. The van der Waals surface area contributed by atoms with Crippen LogP contribution in [0.1, 0.15) is 0 Å². The summed E-state index contributed by atoms with van der Waals surface area (Å²) >= 11 is 8.81. The van der Waals surface area contributed by atoms with Gasteiger partial charge in [0.05, 0.1) is 0 Å². The standard InChI is InChI=1S/C6H8O2.Cl2HO2P/c1-3-5-8-6(7)4-2;1-5(2,3)4/h3-4H,1-2,5H2;(H,3,4). The maximum atomic E-state index is 10.2. The number of rotatable bonds is 3. The zero-order valence-corrected chi connectivity index (χ0v) is 9.06. The average Bonchev–Trinajstić information content (AvgIpc) is 1.97. The van der Waals surface area contributed by atoms with Crippen molar-refractivity contribution in [1.82, 2.24) is 0 Å². The maximum Gasteiger partial charge on any atom is 0.377 e. The van der Waals surface area contributed by atoms with Crippen molar-refractivity contribution < 1.29 is 19.0 Å². The molecule has 4 nitrogen and oxygen atoms in total. The number of halogens is 2. The van der Waals surface area contributed by atoms with Gasteiger partial charge in [-0.1, -0.05) is 19.2 Å². The summed E-state index contributed by atoms with van der Waals surface area (Å²) in [5.41, 5.74) is 0. The van der Waals surface area contributed by atoms with Crippen LogP contribution in [0.25, 0.3) is 0 Å². The Morgan fingerprint density at radius 3 is 2.15 bits per heavy atom. The Balaban J connectivity index is 0.